The Kier molecular flexibility index (Phi) is 3.63. The largest absolute Gasteiger partial charge is 0.504 e. The lowest BCUT2D eigenvalue weighted by atomic mass is 10.0. The first-order chi connectivity index (χ1) is 8.76. The third-order valence-electron chi connectivity index (χ3n) is 2.64. The van der Waals surface area contributed by atoms with E-state index in [2.05, 4.69) is 0 Å². The van der Waals surface area contributed by atoms with Gasteiger partial charge in [0.1, 0.15) is 0 Å². The van der Waals surface area contributed by atoms with Crippen molar-refractivity contribution in [3.8, 4) is 22.6 Å². The molecule has 2 aromatic carbocycles. The second-order valence-electron chi connectivity index (χ2n) is 3.83. The topological polar surface area (TPSA) is 46.5 Å². The smallest absolute Gasteiger partial charge is 0.168 e. The Morgan fingerprint density at radius 1 is 1.17 bits per heavy atom. The highest BCUT2D eigenvalue weighted by Crippen LogP contribution is 2.34. The van der Waals surface area contributed by atoms with Gasteiger partial charge in [-0.2, -0.15) is 0 Å². The van der Waals surface area contributed by atoms with Gasteiger partial charge in [-0.3, -0.25) is 4.79 Å². The summed E-state index contributed by atoms with van der Waals surface area (Å²) in [4.78, 5) is 11.0. The summed E-state index contributed by atoms with van der Waals surface area (Å²) in [7, 11) is 0. The number of benzene rings is 2. The van der Waals surface area contributed by atoms with Crippen molar-refractivity contribution in [1.82, 2.24) is 0 Å². The maximum absolute atomic E-state index is 11.0. The molecule has 0 aliphatic carbocycles. The minimum Gasteiger partial charge on any atom is -0.504 e. The molecule has 0 spiro atoms. The van der Waals surface area contributed by atoms with Crippen molar-refractivity contribution < 1.29 is 14.6 Å². The van der Waals surface area contributed by atoms with Crippen LogP contribution in [0.15, 0.2) is 42.5 Å². The Hall–Kier alpha value is -2.29. The minimum absolute atomic E-state index is 0.105. The fourth-order valence-electron chi connectivity index (χ4n) is 1.78. The zero-order valence-corrected chi connectivity index (χ0v) is 10.1. The standard InChI is InChI=1S/C15H14O3/c1-2-18-14-9-12(8-13(10-16)15(14)17)11-6-4-3-5-7-11/h3-10,17H,2H2,1H3. The molecule has 0 aliphatic rings. The number of aromatic hydroxyl groups is 1. The first-order valence-corrected chi connectivity index (χ1v) is 5.76. The van der Waals surface area contributed by atoms with Crippen molar-refractivity contribution in [3.05, 3.63) is 48.0 Å². The highest BCUT2D eigenvalue weighted by Gasteiger charge is 2.11. The van der Waals surface area contributed by atoms with E-state index in [1.165, 1.54) is 0 Å². The van der Waals surface area contributed by atoms with E-state index >= 15 is 0 Å². The summed E-state index contributed by atoms with van der Waals surface area (Å²) in [6.45, 7) is 2.26. The number of rotatable bonds is 4. The van der Waals surface area contributed by atoms with Crippen LogP contribution in [-0.2, 0) is 0 Å². The fraction of sp³-hybridized carbons (Fsp3) is 0.133. The predicted octanol–water partition coefficient (Wildman–Crippen LogP) is 3.27. The van der Waals surface area contributed by atoms with Crippen molar-refractivity contribution in [2.24, 2.45) is 0 Å². The first kappa shape index (κ1) is 12.2. The van der Waals surface area contributed by atoms with Gasteiger partial charge in [0.05, 0.1) is 12.2 Å². The second-order valence-corrected chi connectivity index (χ2v) is 3.83. The van der Waals surface area contributed by atoms with Gasteiger partial charge in [-0.25, -0.2) is 0 Å². The van der Waals surface area contributed by atoms with Gasteiger partial charge in [0.15, 0.2) is 17.8 Å². The molecule has 2 rings (SSSR count). The molecule has 0 heterocycles. The van der Waals surface area contributed by atoms with Gasteiger partial charge in [0.2, 0.25) is 0 Å². The Morgan fingerprint density at radius 2 is 1.89 bits per heavy atom. The number of carbonyl (C=O) groups excluding carboxylic acids is 1. The lowest BCUT2D eigenvalue weighted by Gasteiger charge is -2.10. The molecule has 0 amide bonds. The van der Waals surface area contributed by atoms with E-state index in [1.54, 1.807) is 12.1 Å². The van der Waals surface area contributed by atoms with Crippen molar-refractivity contribution in [3.63, 3.8) is 0 Å². The molecule has 0 unspecified atom stereocenters. The molecule has 1 N–H and O–H groups in total. The maximum Gasteiger partial charge on any atom is 0.168 e. The van der Waals surface area contributed by atoms with Crippen LogP contribution in [0.4, 0.5) is 0 Å². The number of hydrogen-bond acceptors (Lipinski definition) is 3. The lowest BCUT2D eigenvalue weighted by Crippen LogP contribution is -1.95. The number of hydrogen-bond donors (Lipinski definition) is 1. The van der Waals surface area contributed by atoms with Crippen LogP contribution in [0.5, 0.6) is 11.5 Å². The molecule has 0 bridgehead atoms. The third-order valence-corrected chi connectivity index (χ3v) is 2.64. The van der Waals surface area contributed by atoms with Crippen molar-refractivity contribution in [1.29, 1.82) is 0 Å². The number of ether oxygens (including phenoxy) is 1. The van der Waals surface area contributed by atoms with Crippen molar-refractivity contribution >= 4 is 6.29 Å². The maximum atomic E-state index is 11.0. The molecule has 0 saturated heterocycles. The van der Waals surface area contributed by atoms with Crippen LogP contribution >= 0.6 is 0 Å². The van der Waals surface area contributed by atoms with Gasteiger partial charge in [-0.15, -0.1) is 0 Å². The Bertz CT molecular complexity index is 547. The van der Waals surface area contributed by atoms with Gasteiger partial charge in [0, 0.05) is 0 Å². The molecule has 2 aromatic rings. The molecule has 3 nitrogen and oxygen atoms in total. The molecular weight excluding hydrogens is 228 g/mol. The van der Waals surface area contributed by atoms with Crippen molar-refractivity contribution in [2.75, 3.05) is 6.61 Å². The Morgan fingerprint density at radius 3 is 2.50 bits per heavy atom. The van der Waals surface area contributed by atoms with Crippen LogP contribution < -0.4 is 4.74 Å². The molecule has 0 atom stereocenters. The molecule has 0 aliphatic heterocycles. The molecule has 0 saturated carbocycles. The van der Waals surface area contributed by atoms with Gasteiger partial charge in [-0.05, 0) is 30.2 Å². The van der Waals surface area contributed by atoms with Gasteiger partial charge in [-0.1, -0.05) is 30.3 Å². The Balaban J connectivity index is 2.55. The van der Waals surface area contributed by atoms with Crippen LogP contribution in [0, 0.1) is 0 Å². The normalized spacial score (nSPS) is 10.1. The zero-order chi connectivity index (χ0) is 13.0. The van der Waals surface area contributed by atoms with E-state index in [-0.39, 0.29) is 11.3 Å². The quantitative estimate of drug-likeness (QED) is 0.837. The van der Waals surface area contributed by atoms with Crippen molar-refractivity contribution in [2.45, 2.75) is 6.92 Å². The number of phenolic OH excluding ortho intramolecular Hbond substituents is 1. The summed E-state index contributed by atoms with van der Waals surface area (Å²) in [6.07, 6.45) is 0.629. The molecule has 3 heteroatoms. The molecule has 0 fully saturated rings. The number of carbonyl (C=O) groups is 1. The fourth-order valence-corrected chi connectivity index (χ4v) is 1.78. The van der Waals surface area contributed by atoms with Crippen LogP contribution in [0.25, 0.3) is 11.1 Å². The summed E-state index contributed by atoms with van der Waals surface area (Å²) in [6, 6.07) is 13.0. The highest BCUT2D eigenvalue weighted by atomic mass is 16.5. The van der Waals surface area contributed by atoms with Gasteiger partial charge in [0.25, 0.3) is 0 Å². The molecular formula is C15H14O3. The SMILES string of the molecule is CCOc1cc(-c2ccccc2)cc(C=O)c1O. The van der Waals surface area contributed by atoms with Crippen LogP contribution in [0.2, 0.25) is 0 Å². The zero-order valence-electron chi connectivity index (χ0n) is 10.1. The first-order valence-electron chi connectivity index (χ1n) is 5.76. The van der Waals surface area contributed by atoms with E-state index in [0.29, 0.717) is 18.6 Å². The van der Waals surface area contributed by atoms with Crippen LogP contribution in [0.3, 0.4) is 0 Å². The monoisotopic (exact) mass is 242 g/mol. The van der Waals surface area contributed by atoms with E-state index < -0.39 is 0 Å². The predicted molar refractivity (Wildman–Crippen MR) is 70.1 cm³/mol. The summed E-state index contributed by atoms with van der Waals surface area (Å²) >= 11 is 0. The molecule has 0 aromatic heterocycles. The average Bonchev–Trinajstić information content (AvgIpc) is 2.42. The van der Waals surface area contributed by atoms with Gasteiger partial charge < -0.3 is 9.84 Å². The summed E-state index contributed by atoms with van der Waals surface area (Å²) < 4.78 is 5.33. The summed E-state index contributed by atoms with van der Waals surface area (Å²) in [5.74, 6) is 0.229. The minimum atomic E-state index is -0.105. The third kappa shape index (κ3) is 2.35. The van der Waals surface area contributed by atoms with Crippen LogP contribution in [-0.4, -0.2) is 18.0 Å². The highest BCUT2D eigenvalue weighted by molar-refractivity contribution is 5.85. The van der Waals surface area contributed by atoms with E-state index in [4.69, 9.17) is 4.74 Å². The van der Waals surface area contributed by atoms with E-state index in [1.807, 2.05) is 37.3 Å². The summed E-state index contributed by atoms with van der Waals surface area (Å²) in [5, 5.41) is 9.84. The van der Waals surface area contributed by atoms with Gasteiger partial charge >= 0.3 is 0 Å². The molecule has 92 valence electrons. The van der Waals surface area contributed by atoms with E-state index in [0.717, 1.165) is 11.1 Å². The summed E-state index contributed by atoms with van der Waals surface area (Å²) in [5.41, 5.74) is 2.06. The average molecular weight is 242 g/mol. The number of aldehydes is 1. The van der Waals surface area contributed by atoms with E-state index in [9.17, 15) is 9.90 Å². The Labute approximate surface area is 106 Å². The molecule has 0 radical (unpaired) electrons. The lowest BCUT2D eigenvalue weighted by molar-refractivity contribution is 0.112. The second kappa shape index (κ2) is 5.36. The number of phenols is 1. The molecule has 18 heavy (non-hydrogen) atoms. The van der Waals surface area contributed by atoms with Crippen LogP contribution in [0.1, 0.15) is 17.3 Å².